The van der Waals surface area contributed by atoms with E-state index in [9.17, 15) is 9.59 Å². The molecule has 1 aromatic carbocycles. The summed E-state index contributed by atoms with van der Waals surface area (Å²) in [4.78, 5) is 22.8. The number of amides is 1. The molecule has 0 heterocycles. The first-order chi connectivity index (χ1) is 9.47. The summed E-state index contributed by atoms with van der Waals surface area (Å²) in [5, 5.41) is 14.6. The molecular weight excluding hydrogens is 324 g/mol. The summed E-state index contributed by atoms with van der Waals surface area (Å²) in [5.74, 6) is -0.964. The lowest BCUT2D eigenvalue weighted by Gasteiger charge is -2.13. The van der Waals surface area contributed by atoms with Gasteiger partial charge in [-0.1, -0.05) is 15.9 Å². The van der Waals surface area contributed by atoms with Crippen molar-refractivity contribution in [3.05, 3.63) is 28.2 Å². The Labute approximate surface area is 125 Å². The van der Waals surface area contributed by atoms with Crippen LogP contribution in [0.4, 0.5) is 5.69 Å². The molecule has 1 amide bonds. The van der Waals surface area contributed by atoms with Gasteiger partial charge in [-0.25, -0.2) is 0 Å². The summed E-state index contributed by atoms with van der Waals surface area (Å²) in [6.07, 6.45) is 1.83. The molecule has 1 saturated carbocycles. The Bertz CT molecular complexity index is 529. The lowest BCUT2D eigenvalue weighted by atomic mass is 10.2. The molecule has 0 aliphatic heterocycles. The highest BCUT2D eigenvalue weighted by Crippen LogP contribution is 2.32. The van der Waals surface area contributed by atoms with Crippen molar-refractivity contribution in [1.29, 1.82) is 0 Å². The second kappa shape index (κ2) is 6.37. The van der Waals surface area contributed by atoms with Crippen LogP contribution in [-0.4, -0.2) is 29.6 Å². The molecule has 0 aromatic heterocycles. The minimum Gasteiger partial charge on any atom is -0.480 e. The van der Waals surface area contributed by atoms with Crippen LogP contribution in [0.25, 0.3) is 0 Å². The Kier molecular flexibility index (Phi) is 4.77. The molecule has 0 radical (unpaired) electrons. The van der Waals surface area contributed by atoms with Crippen LogP contribution in [0.3, 0.4) is 0 Å². The number of carbonyl (C=O) groups is 2. The number of rotatable bonds is 6. The van der Waals surface area contributed by atoms with Crippen molar-refractivity contribution >= 4 is 33.5 Å². The lowest BCUT2D eigenvalue weighted by molar-refractivity contribution is -0.140. The van der Waals surface area contributed by atoms with Crippen LogP contribution in [0.15, 0.2) is 22.7 Å². The normalized spacial score (nSPS) is 15.7. The number of carbonyl (C=O) groups excluding carboxylic acids is 1. The molecule has 1 unspecified atom stereocenters. The van der Waals surface area contributed by atoms with E-state index in [4.69, 9.17) is 5.11 Å². The third-order valence-electron chi connectivity index (χ3n) is 3.28. The van der Waals surface area contributed by atoms with Crippen molar-refractivity contribution in [3.8, 4) is 0 Å². The zero-order valence-electron chi connectivity index (χ0n) is 11.1. The quantitative estimate of drug-likeness (QED) is 0.741. The molecule has 1 atom stereocenters. The number of anilines is 1. The van der Waals surface area contributed by atoms with E-state index in [-0.39, 0.29) is 18.4 Å². The second-order valence-corrected chi connectivity index (χ2v) is 5.90. The fourth-order valence-electron chi connectivity index (χ4n) is 2.02. The van der Waals surface area contributed by atoms with Gasteiger partial charge in [-0.2, -0.15) is 0 Å². The van der Waals surface area contributed by atoms with Gasteiger partial charge in [0.05, 0.1) is 6.54 Å². The standard InChI is InChI=1S/C14H17BrN2O3/c1-8-6-10(4-5-11(8)15)17-12(18)7-16-13(14(19)20)9-2-3-9/h4-6,9,13,16H,2-3,7H2,1H3,(H,17,18)(H,19,20). The van der Waals surface area contributed by atoms with Crippen LogP contribution < -0.4 is 10.6 Å². The average molecular weight is 341 g/mol. The van der Waals surface area contributed by atoms with Crippen LogP contribution in [-0.2, 0) is 9.59 Å². The Balaban J connectivity index is 1.85. The summed E-state index contributed by atoms with van der Waals surface area (Å²) in [6, 6.07) is 4.90. The Morgan fingerprint density at radius 1 is 1.45 bits per heavy atom. The maximum atomic E-state index is 11.8. The third kappa shape index (κ3) is 4.05. The van der Waals surface area contributed by atoms with E-state index in [1.54, 1.807) is 6.07 Å². The van der Waals surface area contributed by atoms with Gasteiger partial charge in [-0.05, 0) is 49.4 Å². The van der Waals surface area contributed by atoms with E-state index in [0.29, 0.717) is 5.69 Å². The molecule has 1 aromatic rings. The van der Waals surface area contributed by atoms with Crippen molar-refractivity contribution in [2.75, 3.05) is 11.9 Å². The fourth-order valence-corrected chi connectivity index (χ4v) is 2.26. The number of hydrogen-bond acceptors (Lipinski definition) is 3. The summed E-state index contributed by atoms with van der Waals surface area (Å²) in [7, 11) is 0. The highest BCUT2D eigenvalue weighted by molar-refractivity contribution is 9.10. The van der Waals surface area contributed by atoms with Crippen LogP contribution in [0.2, 0.25) is 0 Å². The minimum atomic E-state index is -0.889. The second-order valence-electron chi connectivity index (χ2n) is 5.05. The monoisotopic (exact) mass is 340 g/mol. The summed E-state index contributed by atoms with van der Waals surface area (Å²) < 4.78 is 0.980. The van der Waals surface area contributed by atoms with Gasteiger partial charge in [0, 0.05) is 10.2 Å². The first-order valence-corrected chi connectivity index (χ1v) is 7.29. The maximum Gasteiger partial charge on any atom is 0.320 e. The number of carboxylic acids is 1. The molecule has 1 fully saturated rings. The predicted molar refractivity (Wildman–Crippen MR) is 79.7 cm³/mol. The van der Waals surface area contributed by atoms with Crippen molar-refractivity contribution in [2.24, 2.45) is 5.92 Å². The number of hydrogen-bond donors (Lipinski definition) is 3. The molecule has 3 N–H and O–H groups in total. The molecule has 0 saturated heterocycles. The molecular formula is C14H17BrN2O3. The van der Waals surface area contributed by atoms with Gasteiger partial charge in [-0.15, -0.1) is 0 Å². The van der Waals surface area contributed by atoms with Crippen LogP contribution >= 0.6 is 15.9 Å². The molecule has 5 nitrogen and oxygen atoms in total. The topological polar surface area (TPSA) is 78.4 Å². The van der Waals surface area contributed by atoms with E-state index >= 15 is 0 Å². The number of nitrogens with one attached hydrogen (secondary N) is 2. The van der Waals surface area contributed by atoms with E-state index in [1.807, 2.05) is 19.1 Å². The minimum absolute atomic E-state index is 0.00256. The van der Waals surface area contributed by atoms with E-state index in [1.165, 1.54) is 0 Å². The Hall–Kier alpha value is -1.40. The zero-order chi connectivity index (χ0) is 14.7. The van der Waals surface area contributed by atoms with Crippen molar-refractivity contribution in [1.82, 2.24) is 5.32 Å². The van der Waals surface area contributed by atoms with Gasteiger partial charge < -0.3 is 10.4 Å². The van der Waals surface area contributed by atoms with Gasteiger partial charge in [0.1, 0.15) is 6.04 Å². The number of aryl methyl sites for hydroxylation is 1. The van der Waals surface area contributed by atoms with Crippen LogP contribution in [0, 0.1) is 12.8 Å². The van der Waals surface area contributed by atoms with Crippen molar-refractivity contribution < 1.29 is 14.7 Å². The number of carboxylic acid groups (broad SMARTS) is 1. The average Bonchev–Trinajstić information content (AvgIpc) is 3.18. The molecule has 108 valence electrons. The number of halogens is 1. The van der Waals surface area contributed by atoms with E-state index in [0.717, 1.165) is 22.9 Å². The predicted octanol–water partition coefficient (Wildman–Crippen LogP) is 2.15. The van der Waals surface area contributed by atoms with Gasteiger partial charge in [0.25, 0.3) is 0 Å². The van der Waals surface area contributed by atoms with Gasteiger partial charge in [-0.3, -0.25) is 14.9 Å². The molecule has 2 rings (SSSR count). The molecule has 0 spiro atoms. The van der Waals surface area contributed by atoms with E-state index < -0.39 is 12.0 Å². The molecule has 1 aliphatic carbocycles. The molecule has 0 bridgehead atoms. The number of aliphatic carboxylic acids is 1. The van der Waals surface area contributed by atoms with Gasteiger partial charge in [0.2, 0.25) is 5.91 Å². The lowest BCUT2D eigenvalue weighted by Crippen LogP contribution is -2.42. The smallest absolute Gasteiger partial charge is 0.320 e. The summed E-state index contributed by atoms with van der Waals surface area (Å²) >= 11 is 3.39. The third-order valence-corrected chi connectivity index (χ3v) is 4.17. The maximum absolute atomic E-state index is 11.8. The number of benzene rings is 1. The Morgan fingerprint density at radius 3 is 2.70 bits per heavy atom. The molecule has 1 aliphatic rings. The fraction of sp³-hybridized carbons (Fsp3) is 0.429. The summed E-state index contributed by atoms with van der Waals surface area (Å²) in [6.45, 7) is 1.94. The van der Waals surface area contributed by atoms with Gasteiger partial charge >= 0.3 is 5.97 Å². The zero-order valence-corrected chi connectivity index (χ0v) is 12.7. The summed E-state index contributed by atoms with van der Waals surface area (Å²) in [5.41, 5.74) is 1.73. The van der Waals surface area contributed by atoms with Crippen LogP contribution in [0.1, 0.15) is 18.4 Å². The highest BCUT2D eigenvalue weighted by atomic mass is 79.9. The van der Waals surface area contributed by atoms with Crippen molar-refractivity contribution in [3.63, 3.8) is 0 Å². The largest absolute Gasteiger partial charge is 0.480 e. The molecule has 20 heavy (non-hydrogen) atoms. The Morgan fingerprint density at radius 2 is 2.15 bits per heavy atom. The van der Waals surface area contributed by atoms with Gasteiger partial charge in [0.15, 0.2) is 0 Å². The van der Waals surface area contributed by atoms with Crippen molar-refractivity contribution in [2.45, 2.75) is 25.8 Å². The SMILES string of the molecule is Cc1cc(NC(=O)CNC(C(=O)O)C2CC2)ccc1Br. The highest BCUT2D eigenvalue weighted by Gasteiger charge is 2.36. The first-order valence-electron chi connectivity index (χ1n) is 6.49. The van der Waals surface area contributed by atoms with E-state index in [2.05, 4.69) is 26.6 Å². The molecule has 6 heteroatoms. The van der Waals surface area contributed by atoms with Crippen LogP contribution in [0.5, 0.6) is 0 Å². The first kappa shape index (κ1) is 15.0.